The highest BCUT2D eigenvalue weighted by atomic mass is 16.5. The van der Waals surface area contributed by atoms with Crippen LogP contribution >= 0.6 is 0 Å². The summed E-state index contributed by atoms with van der Waals surface area (Å²) in [7, 11) is 0. The molecule has 0 spiro atoms. The van der Waals surface area contributed by atoms with E-state index in [2.05, 4.69) is 33.8 Å². The first kappa shape index (κ1) is 24.1. The monoisotopic (exact) mass is 445 g/mol. The molecule has 32 heavy (non-hydrogen) atoms. The third-order valence-corrected chi connectivity index (χ3v) is 10.7. The number of aliphatic hydroxyl groups excluding tert-OH is 1. The van der Waals surface area contributed by atoms with Crippen LogP contribution in [-0.4, -0.2) is 23.9 Å². The average Bonchev–Trinajstić information content (AvgIpc) is 3.10. The Bertz CT molecular complexity index is 719. The molecule has 0 heterocycles. The number of hydrogen-bond donors (Lipinski definition) is 2. The fourth-order valence-electron chi connectivity index (χ4n) is 8.91. The van der Waals surface area contributed by atoms with Crippen molar-refractivity contribution in [1.29, 1.82) is 0 Å². The molecule has 0 saturated heterocycles. The van der Waals surface area contributed by atoms with Gasteiger partial charge in [0.1, 0.15) is 0 Å². The van der Waals surface area contributed by atoms with Crippen LogP contribution in [0.4, 0.5) is 4.79 Å². The van der Waals surface area contributed by atoms with E-state index < -0.39 is 6.09 Å². The molecule has 0 bridgehead atoms. The van der Waals surface area contributed by atoms with Crippen molar-refractivity contribution in [3.63, 3.8) is 0 Å². The van der Waals surface area contributed by atoms with Crippen LogP contribution in [0.15, 0.2) is 11.6 Å². The molecule has 3 N–H and O–H groups in total. The predicted octanol–water partition coefficient (Wildman–Crippen LogP) is 6.46. The van der Waals surface area contributed by atoms with Crippen LogP contribution in [0.5, 0.6) is 0 Å². The Kier molecular flexibility index (Phi) is 7.02. The number of carbonyl (C=O) groups excluding carboxylic acids is 1. The number of carbonyl (C=O) groups is 1. The van der Waals surface area contributed by atoms with Crippen LogP contribution in [0.25, 0.3) is 0 Å². The number of aliphatic hydroxyl groups is 1. The van der Waals surface area contributed by atoms with Crippen LogP contribution in [-0.2, 0) is 4.74 Å². The summed E-state index contributed by atoms with van der Waals surface area (Å²) in [5, 5.41) is 10.2. The molecule has 4 aliphatic carbocycles. The molecule has 4 rings (SSSR count). The number of primary amides is 1. The maximum atomic E-state index is 10.8. The molecule has 0 aromatic heterocycles. The summed E-state index contributed by atoms with van der Waals surface area (Å²) in [6, 6.07) is 0. The lowest BCUT2D eigenvalue weighted by Crippen LogP contribution is -2.50. The van der Waals surface area contributed by atoms with Crippen molar-refractivity contribution >= 4 is 6.09 Å². The first-order chi connectivity index (χ1) is 15.1. The molecule has 1 amide bonds. The molecule has 4 aliphatic rings. The van der Waals surface area contributed by atoms with Crippen molar-refractivity contribution in [2.24, 2.45) is 52.1 Å². The van der Waals surface area contributed by atoms with Gasteiger partial charge in [-0.1, -0.05) is 52.2 Å². The Balaban J connectivity index is 1.37. The molecule has 0 aromatic rings. The quantitative estimate of drug-likeness (QED) is 0.441. The van der Waals surface area contributed by atoms with Gasteiger partial charge in [-0.05, 0) is 104 Å². The van der Waals surface area contributed by atoms with E-state index in [1.165, 1.54) is 51.4 Å². The van der Waals surface area contributed by atoms with Crippen molar-refractivity contribution in [2.45, 2.75) is 104 Å². The summed E-state index contributed by atoms with van der Waals surface area (Å²) in [6.45, 7) is 10.3. The highest BCUT2D eigenvalue weighted by molar-refractivity contribution is 5.64. The molecular formula is C28H47NO3. The number of nitrogens with two attached hydrogens (primary N) is 1. The average molecular weight is 446 g/mol. The molecule has 4 nitrogen and oxygen atoms in total. The maximum absolute atomic E-state index is 10.8. The smallest absolute Gasteiger partial charge is 0.404 e. The summed E-state index contributed by atoms with van der Waals surface area (Å²) in [5.74, 6) is 4.54. The maximum Gasteiger partial charge on any atom is 0.404 e. The number of amides is 1. The van der Waals surface area contributed by atoms with E-state index in [-0.39, 0.29) is 6.10 Å². The molecule has 9 atom stereocenters. The van der Waals surface area contributed by atoms with Gasteiger partial charge in [0.2, 0.25) is 0 Å². The van der Waals surface area contributed by atoms with E-state index in [4.69, 9.17) is 10.5 Å². The number of ether oxygens (including phenoxy) is 1. The third-order valence-electron chi connectivity index (χ3n) is 10.7. The second-order valence-corrected chi connectivity index (χ2v) is 12.5. The van der Waals surface area contributed by atoms with Crippen molar-refractivity contribution in [3.05, 3.63) is 11.6 Å². The van der Waals surface area contributed by atoms with Gasteiger partial charge < -0.3 is 15.6 Å². The van der Waals surface area contributed by atoms with E-state index in [9.17, 15) is 9.90 Å². The third kappa shape index (κ3) is 4.38. The minimum atomic E-state index is -0.659. The zero-order chi connectivity index (χ0) is 23.1. The zero-order valence-electron chi connectivity index (χ0n) is 20.9. The summed E-state index contributed by atoms with van der Waals surface area (Å²) >= 11 is 0. The van der Waals surface area contributed by atoms with E-state index in [0.29, 0.717) is 23.4 Å². The molecular weight excluding hydrogens is 398 g/mol. The van der Waals surface area contributed by atoms with Gasteiger partial charge in [0.05, 0.1) is 12.7 Å². The molecule has 3 saturated carbocycles. The fourth-order valence-corrected chi connectivity index (χ4v) is 8.91. The van der Waals surface area contributed by atoms with Crippen LogP contribution < -0.4 is 5.73 Å². The van der Waals surface area contributed by atoms with Crippen molar-refractivity contribution < 1.29 is 14.6 Å². The Morgan fingerprint density at radius 3 is 2.69 bits per heavy atom. The van der Waals surface area contributed by atoms with E-state index >= 15 is 0 Å². The van der Waals surface area contributed by atoms with Crippen molar-refractivity contribution in [3.8, 4) is 0 Å². The highest BCUT2D eigenvalue weighted by Crippen LogP contribution is 2.67. The Morgan fingerprint density at radius 1 is 1.16 bits per heavy atom. The Labute approximate surface area is 195 Å². The molecule has 0 aliphatic heterocycles. The second-order valence-electron chi connectivity index (χ2n) is 12.5. The minimum Gasteiger partial charge on any atom is -0.449 e. The van der Waals surface area contributed by atoms with Crippen LogP contribution in [0, 0.1) is 46.3 Å². The first-order valence-electron chi connectivity index (χ1n) is 13.4. The summed E-state index contributed by atoms with van der Waals surface area (Å²) in [6.07, 6.45) is 15.3. The second kappa shape index (κ2) is 9.31. The van der Waals surface area contributed by atoms with Crippen LogP contribution in [0.1, 0.15) is 98.3 Å². The van der Waals surface area contributed by atoms with Crippen molar-refractivity contribution in [1.82, 2.24) is 0 Å². The van der Waals surface area contributed by atoms with Gasteiger partial charge in [0, 0.05) is 0 Å². The first-order valence-corrected chi connectivity index (χ1v) is 13.4. The lowest BCUT2D eigenvalue weighted by atomic mass is 9.47. The number of rotatable bonds is 7. The summed E-state index contributed by atoms with van der Waals surface area (Å²) in [4.78, 5) is 10.8. The van der Waals surface area contributed by atoms with Crippen molar-refractivity contribution in [2.75, 3.05) is 6.61 Å². The number of fused-ring (bicyclic) bond motifs is 5. The molecule has 3 fully saturated rings. The van der Waals surface area contributed by atoms with Gasteiger partial charge >= 0.3 is 6.09 Å². The lowest BCUT2D eigenvalue weighted by Gasteiger charge is -2.58. The standard InChI is InChI=1S/C28H47NO3/c1-18(17-32-26(29)31)6-5-7-19(2)23-10-11-24-22-9-8-20-16-21(30)12-14-27(20,3)25(22)13-15-28(23,24)4/h8,18-19,21-25,30H,5-7,9-17H2,1-4H3,(H2,29,31)/t18?,19-,21+,22+,23-,24+,25+,27+,28-/m1/s1. The van der Waals surface area contributed by atoms with Gasteiger partial charge in [0.15, 0.2) is 0 Å². The molecule has 182 valence electrons. The van der Waals surface area contributed by atoms with Gasteiger partial charge in [-0.25, -0.2) is 4.79 Å². The molecule has 4 heteroatoms. The summed E-state index contributed by atoms with van der Waals surface area (Å²) in [5.41, 5.74) is 7.52. The van der Waals surface area contributed by atoms with Gasteiger partial charge in [-0.15, -0.1) is 0 Å². The number of allylic oxidation sites excluding steroid dienone is 1. The lowest BCUT2D eigenvalue weighted by molar-refractivity contribution is -0.0573. The topological polar surface area (TPSA) is 72.6 Å². The highest BCUT2D eigenvalue weighted by Gasteiger charge is 2.59. The van der Waals surface area contributed by atoms with Gasteiger partial charge in [-0.3, -0.25) is 0 Å². The molecule has 0 aromatic carbocycles. The SMILES string of the molecule is CC(CCC[C@@H](C)[C@H]1CC[C@H]2[C@@H]3CC=C4C[C@@H](O)CC[C@]4(C)[C@H]3CC[C@]12C)COC(N)=O. The molecule has 0 radical (unpaired) electrons. The zero-order valence-corrected chi connectivity index (χ0v) is 20.9. The van der Waals surface area contributed by atoms with E-state index in [1.807, 2.05) is 0 Å². The predicted molar refractivity (Wildman–Crippen MR) is 129 cm³/mol. The fraction of sp³-hybridized carbons (Fsp3) is 0.893. The minimum absolute atomic E-state index is 0.110. The Morgan fingerprint density at radius 2 is 1.94 bits per heavy atom. The van der Waals surface area contributed by atoms with E-state index in [1.54, 1.807) is 5.57 Å². The van der Waals surface area contributed by atoms with E-state index in [0.717, 1.165) is 48.9 Å². The normalized spacial score (nSPS) is 42.8. The largest absolute Gasteiger partial charge is 0.449 e. The van der Waals surface area contributed by atoms with Crippen LogP contribution in [0.2, 0.25) is 0 Å². The van der Waals surface area contributed by atoms with Gasteiger partial charge in [-0.2, -0.15) is 0 Å². The summed E-state index contributed by atoms with van der Waals surface area (Å²) < 4.78 is 4.97. The van der Waals surface area contributed by atoms with Crippen LogP contribution in [0.3, 0.4) is 0 Å². The molecule has 1 unspecified atom stereocenters. The van der Waals surface area contributed by atoms with Gasteiger partial charge in [0.25, 0.3) is 0 Å². The Hall–Kier alpha value is -1.03. The number of hydrogen-bond acceptors (Lipinski definition) is 3.